The molecule has 0 spiro atoms. The quantitative estimate of drug-likeness (QED) is 0.240. The number of anilines is 1. The molecule has 0 bridgehead atoms. The normalized spacial score (nSPS) is 16.9. The highest BCUT2D eigenvalue weighted by Crippen LogP contribution is 2.41. The van der Waals surface area contributed by atoms with Crippen molar-refractivity contribution < 1.29 is 4.79 Å². The zero-order valence-corrected chi connectivity index (χ0v) is 24.0. The fraction of sp³-hybridized carbons (Fsp3) is 0.233. The molecule has 1 fully saturated rings. The van der Waals surface area contributed by atoms with Gasteiger partial charge < -0.3 is 20.1 Å². The number of carbonyl (C=O) groups excluding carboxylic acids is 1. The zero-order valence-electron chi connectivity index (χ0n) is 21.6. The molecule has 1 saturated heterocycles. The van der Waals surface area contributed by atoms with E-state index in [0.29, 0.717) is 18.1 Å². The highest BCUT2D eigenvalue weighted by Gasteiger charge is 2.41. The first-order chi connectivity index (χ1) is 18.3. The summed E-state index contributed by atoms with van der Waals surface area (Å²) in [5.41, 5.74) is 7.31. The second-order valence-electron chi connectivity index (χ2n) is 9.57. The van der Waals surface area contributed by atoms with Crippen molar-refractivity contribution in [1.29, 1.82) is 0 Å². The van der Waals surface area contributed by atoms with Crippen LogP contribution in [-0.4, -0.2) is 32.0 Å². The summed E-state index contributed by atoms with van der Waals surface area (Å²) >= 11 is 9.37. The molecule has 2 aromatic heterocycles. The van der Waals surface area contributed by atoms with Crippen LogP contribution in [0.5, 0.6) is 0 Å². The first kappa shape index (κ1) is 26.1. The van der Waals surface area contributed by atoms with Gasteiger partial charge in [0.15, 0.2) is 5.11 Å². The topological polar surface area (TPSA) is 62.2 Å². The number of hydrogen-bond donors (Lipinski definition) is 2. The number of nitrogens with zero attached hydrogens (tertiary/aromatic N) is 3. The van der Waals surface area contributed by atoms with Crippen LogP contribution in [0.15, 0.2) is 83.5 Å². The van der Waals surface area contributed by atoms with E-state index in [1.807, 2.05) is 49.4 Å². The Morgan fingerprint density at radius 3 is 2.50 bits per heavy atom. The van der Waals surface area contributed by atoms with Gasteiger partial charge in [0, 0.05) is 46.4 Å². The molecule has 194 valence electrons. The molecule has 8 heteroatoms. The second kappa shape index (κ2) is 11.1. The van der Waals surface area contributed by atoms with E-state index in [1.54, 1.807) is 6.20 Å². The van der Waals surface area contributed by atoms with E-state index in [2.05, 4.69) is 85.2 Å². The number of benzene rings is 2. The molecule has 6 nitrogen and oxygen atoms in total. The summed E-state index contributed by atoms with van der Waals surface area (Å²) in [7, 11) is 0. The van der Waals surface area contributed by atoms with Gasteiger partial charge >= 0.3 is 0 Å². The molecule has 4 aromatic rings. The van der Waals surface area contributed by atoms with Crippen LogP contribution in [0.4, 0.5) is 5.69 Å². The van der Waals surface area contributed by atoms with Crippen LogP contribution in [0.25, 0.3) is 5.69 Å². The average Bonchev–Trinajstić information content (AvgIpc) is 3.39. The molecule has 0 unspecified atom stereocenters. The first-order valence-electron chi connectivity index (χ1n) is 12.6. The average molecular weight is 589 g/mol. The van der Waals surface area contributed by atoms with Crippen molar-refractivity contribution in [2.24, 2.45) is 0 Å². The van der Waals surface area contributed by atoms with Crippen LogP contribution in [0, 0.1) is 20.8 Å². The highest BCUT2D eigenvalue weighted by atomic mass is 79.9. The van der Waals surface area contributed by atoms with Crippen molar-refractivity contribution in [1.82, 2.24) is 19.8 Å². The number of carbonyl (C=O) groups is 1. The Bertz CT molecular complexity index is 1470. The Hall–Kier alpha value is -3.49. The summed E-state index contributed by atoms with van der Waals surface area (Å²) in [4.78, 5) is 19.7. The molecule has 2 atom stereocenters. The number of amides is 1. The van der Waals surface area contributed by atoms with Gasteiger partial charge in [-0.15, -0.1) is 0 Å². The van der Waals surface area contributed by atoms with Crippen molar-refractivity contribution in [3.05, 3.63) is 112 Å². The molecule has 5 rings (SSSR count). The van der Waals surface area contributed by atoms with E-state index >= 15 is 0 Å². The Labute approximate surface area is 237 Å². The van der Waals surface area contributed by atoms with Crippen molar-refractivity contribution in [3.8, 4) is 5.69 Å². The number of nitrogens with one attached hydrogen (secondary N) is 2. The molecular formula is C30H30BrN5OS. The van der Waals surface area contributed by atoms with Crippen LogP contribution in [0.2, 0.25) is 0 Å². The lowest BCUT2D eigenvalue weighted by Gasteiger charge is -2.28. The predicted molar refractivity (Wildman–Crippen MR) is 160 cm³/mol. The summed E-state index contributed by atoms with van der Waals surface area (Å²) in [6.07, 6.45) is 2.12. The van der Waals surface area contributed by atoms with E-state index in [0.717, 1.165) is 44.1 Å². The molecule has 0 saturated carbocycles. The highest BCUT2D eigenvalue weighted by molar-refractivity contribution is 9.10. The van der Waals surface area contributed by atoms with Crippen LogP contribution >= 0.6 is 28.1 Å². The fourth-order valence-electron chi connectivity index (χ4n) is 5.21. The molecule has 3 heterocycles. The van der Waals surface area contributed by atoms with Gasteiger partial charge in [0.25, 0.3) is 0 Å². The van der Waals surface area contributed by atoms with Gasteiger partial charge in [0.2, 0.25) is 5.91 Å². The smallest absolute Gasteiger partial charge is 0.226 e. The zero-order chi connectivity index (χ0) is 26.8. The number of para-hydroxylation sites is 1. The van der Waals surface area contributed by atoms with Crippen molar-refractivity contribution in [3.63, 3.8) is 0 Å². The van der Waals surface area contributed by atoms with Crippen LogP contribution in [-0.2, 0) is 4.79 Å². The Balaban J connectivity index is 1.47. The van der Waals surface area contributed by atoms with Gasteiger partial charge in [-0.2, -0.15) is 0 Å². The lowest BCUT2D eigenvalue weighted by atomic mass is 9.96. The van der Waals surface area contributed by atoms with Gasteiger partial charge in [-0.3, -0.25) is 9.78 Å². The summed E-state index contributed by atoms with van der Waals surface area (Å²) in [6, 6.07) is 24.0. The van der Waals surface area contributed by atoms with E-state index in [9.17, 15) is 4.79 Å². The minimum Gasteiger partial charge on any atom is -0.352 e. The first-order valence-corrected chi connectivity index (χ1v) is 13.8. The molecule has 38 heavy (non-hydrogen) atoms. The monoisotopic (exact) mass is 587 g/mol. The molecule has 0 aliphatic carbocycles. The van der Waals surface area contributed by atoms with Gasteiger partial charge in [0.1, 0.15) is 0 Å². The number of hydrogen-bond acceptors (Lipinski definition) is 3. The van der Waals surface area contributed by atoms with E-state index < -0.39 is 0 Å². The Morgan fingerprint density at radius 2 is 1.79 bits per heavy atom. The summed E-state index contributed by atoms with van der Waals surface area (Å²) in [6.45, 7) is 6.74. The van der Waals surface area contributed by atoms with Crippen molar-refractivity contribution in [2.45, 2.75) is 39.3 Å². The molecule has 1 aliphatic heterocycles. The minimum atomic E-state index is -0.137. The predicted octanol–water partition coefficient (Wildman–Crippen LogP) is 6.56. The molecule has 2 N–H and O–H groups in total. The van der Waals surface area contributed by atoms with Gasteiger partial charge in [-0.1, -0.05) is 40.2 Å². The van der Waals surface area contributed by atoms with Crippen LogP contribution < -0.4 is 10.6 Å². The third-order valence-electron chi connectivity index (χ3n) is 7.07. The Morgan fingerprint density at radius 1 is 1.05 bits per heavy atom. The lowest BCUT2D eigenvalue weighted by Crippen LogP contribution is -2.33. The molecule has 1 amide bonds. The molecule has 1 aliphatic rings. The number of aromatic nitrogens is 2. The standard InChI is InChI=1S/C30H30BrN5OS/c1-19-8-4-5-9-25(19)33-27(37)15-17-35-29(28(34-30(35)38)26-10-6-7-16-32-26)24-18-20(2)36(21(24)3)23-13-11-22(31)12-14-23/h4-14,16,18,28-29H,15,17H2,1-3H3,(H,33,37)(H,34,38)/t28-,29-/m1/s1. The number of rotatable bonds is 7. The summed E-state index contributed by atoms with van der Waals surface area (Å²) < 4.78 is 3.31. The number of halogens is 1. The number of aryl methyl sites for hydroxylation is 2. The van der Waals surface area contributed by atoms with E-state index in [-0.39, 0.29) is 18.0 Å². The SMILES string of the molecule is Cc1ccccc1NC(=O)CCN1C(=S)N[C@H](c2ccccn2)[C@H]1c1cc(C)n(-c2ccc(Br)cc2)c1C. The third-order valence-corrected chi connectivity index (χ3v) is 7.95. The third kappa shape index (κ3) is 5.24. The molecule has 0 radical (unpaired) electrons. The maximum Gasteiger partial charge on any atom is 0.226 e. The second-order valence-corrected chi connectivity index (χ2v) is 10.9. The van der Waals surface area contributed by atoms with Gasteiger partial charge in [-0.05, 0) is 92.6 Å². The van der Waals surface area contributed by atoms with E-state index in [4.69, 9.17) is 12.2 Å². The van der Waals surface area contributed by atoms with Crippen molar-refractivity contribution >= 4 is 44.9 Å². The molecular weight excluding hydrogens is 558 g/mol. The summed E-state index contributed by atoms with van der Waals surface area (Å²) in [5.74, 6) is -0.0394. The lowest BCUT2D eigenvalue weighted by molar-refractivity contribution is -0.116. The largest absolute Gasteiger partial charge is 0.352 e. The maximum atomic E-state index is 12.9. The number of pyridine rings is 1. The van der Waals surface area contributed by atoms with Crippen LogP contribution in [0.3, 0.4) is 0 Å². The fourth-order valence-corrected chi connectivity index (χ4v) is 5.80. The summed E-state index contributed by atoms with van der Waals surface area (Å²) in [5, 5.41) is 7.18. The number of thiocarbonyl (C=S) groups is 1. The van der Waals surface area contributed by atoms with Crippen LogP contribution in [0.1, 0.15) is 46.7 Å². The van der Waals surface area contributed by atoms with E-state index in [1.165, 1.54) is 0 Å². The van der Waals surface area contributed by atoms with Gasteiger partial charge in [-0.25, -0.2) is 0 Å². The van der Waals surface area contributed by atoms with Crippen molar-refractivity contribution in [2.75, 3.05) is 11.9 Å². The Kier molecular flexibility index (Phi) is 7.63. The minimum absolute atomic E-state index is 0.0394. The van der Waals surface area contributed by atoms with Gasteiger partial charge in [0.05, 0.1) is 17.8 Å². The maximum absolute atomic E-state index is 12.9. The molecule has 2 aromatic carbocycles.